The highest BCUT2D eigenvalue weighted by atomic mass is 16.6. The van der Waals surface area contributed by atoms with E-state index in [9.17, 15) is 28.9 Å². The summed E-state index contributed by atoms with van der Waals surface area (Å²) in [6, 6.07) is -3.05. The Morgan fingerprint density at radius 2 is 1.36 bits per heavy atom. The molecule has 20 heteroatoms. The van der Waals surface area contributed by atoms with Gasteiger partial charge in [-0.25, -0.2) is 14.6 Å². The van der Waals surface area contributed by atoms with E-state index in [0.29, 0.717) is 6.42 Å². The average Bonchev–Trinajstić information content (AvgIpc) is 3.15. The van der Waals surface area contributed by atoms with Crippen LogP contribution in [-0.2, 0) is 28.7 Å². The van der Waals surface area contributed by atoms with Crippen LogP contribution in [0, 0.1) is 10.8 Å². The van der Waals surface area contributed by atoms with E-state index in [4.69, 9.17) is 31.7 Å². The highest BCUT2D eigenvalue weighted by Crippen LogP contribution is 2.21. The van der Waals surface area contributed by atoms with Gasteiger partial charge in [-0.3, -0.25) is 30.4 Å². The van der Waals surface area contributed by atoms with Crippen LogP contribution in [0.4, 0.5) is 4.79 Å². The van der Waals surface area contributed by atoms with Gasteiger partial charge in [-0.15, -0.1) is 0 Å². The molecule has 2 saturated carbocycles. The summed E-state index contributed by atoms with van der Waals surface area (Å²) < 4.78 is 11.0. The van der Waals surface area contributed by atoms with Gasteiger partial charge in [0.05, 0.1) is 12.6 Å². The second-order valence-electron chi connectivity index (χ2n) is 16.3. The minimum atomic E-state index is -1.15. The molecule has 0 aromatic rings. The van der Waals surface area contributed by atoms with Crippen molar-refractivity contribution in [1.82, 2.24) is 36.8 Å². The van der Waals surface area contributed by atoms with E-state index in [1.54, 1.807) is 20.8 Å². The summed E-state index contributed by atoms with van der Waals surface area (Å²) in [6.45, 7) is 8.59. The molecule has 0 aliphatic heterocycles. The highest BCUT2D eigenvalue weighted by molar-refractivity contribution is 5.95. The minimum Gasteiger partial charge on any atom is -0.444 e. The number of esters is 1. The average molecular weight is 822 g/mol. The van der Waals surface area contributed by atoms with Crippen molar-refractivity contribution in [3.63, 3.8) is 0 Å². The summed E-state index contributed by atoms with van der Waals surface area (Å²) >= 11 is 0. The smallest absolute Gasteiger partial charge is 0.444 e. The van der Waals surface area contributed by atoms with Crippen LogP contribution in [0.5, 0.6) is 0 Å². The van der Waals surface area contributed by atoms with E-state index in [2.05, 4.69) is 41.7 Å². The largest absolute Gasteiger partial charge is 0.485 e. The van der Waals surface area contributed by atoms with Crippen molar-refractivity contribution in [2.24, 2.45) is 33.1 Å². The molecule has 3 atom stereocenters. The van der Waals surface area contributed by atoms with Gasteiger partial charge in [0.1, 0.15) is 30.3 Å². The number of guanidine groups is 2. The summed E-state index contributed by atoms with van der Waals surface area (Å²) in [4.78, 5) is 88.9. The molecule has 0 saturated heterocycles. The van der Waals surface area contributed by atoms with E-state index in [1.807, 2.05) is 13.8 Å². The molecular formula is C38H69N12O8+. The molecule has 0 heterocycles. The number of nitrogens with one attached hydrogen (secondary N) is 6. The summed E-state index contributed by atoms with van der Waals surface area (Å²) in [5, 5.41) is 16.5. The molecule has 20 nitrogen and oxygen atoms in total. The third kappa shape index (κ3) is 21.4. The molecule has 0 unspecified atom stereocenters. The number of nitrogens with zero attached hydrogens (tertiary/aromatic N) is 3. The summed E-state index contributed by atoms with van der Waals surface area (Å²) in [5.41, 5.74) is 15.5. The normalized spacial score (nSPS) is 16.7. The molecule has 328 valence electrons. The van der Waals surface area contributed by atoms with E-state index >= 15 is 0 Å². The molecule has 4 amide bonds. The predicted octanol–water partition coefficient (Wildman–Crippen LogP) is 0.738. The van der Waals surface area contributed by atoms with Gasteiger partial charge in [0.15, 0.2) is 5.96 Å². The number of ether oxygens (including phenoxy) is 2. The zero-order chi connectivity index (χ0) is 43.1. The Balaban J connectivity index is 2.20. The van der Waals surface area contributed by atoms with Crippen molar-refractivity contribution in [2.45, 2.75) is 167 Å². The van der Waals surface area contributed by atoms with E-state index < -0.39 is 60.1 Å². The van der Waals surface area contributed by atoms with Crippen LogP contribution in [0.25, 0.3) is 0 Å². The maximum atomic E-state index is 13.9. The first-order chi connectivity index (χ1) is 27.4. The van der Waals surface area contributed by atoms with Gasteiger partial charge in [0.25, 0.3) is 6.02 Å². The van der Waals surface area contributed by atoms with Gasteiger partial charge in [-0.05, 0) is 84.5 Å². The first-order valence-electron chi connectivity index (χ1n) is 20.6. The lowest BCUT2D eigenvalue weighted by molar-refractivity contribution is -0.138. The lowest BCUT2D eigenvalue weighted by Gasteiger charge is -2.27. The summed E-state index contributed by atoms with van der Waals surface area (Å²) in [5.74, 6) is -3.27. The third-order valence-electron chi connectivity index (χ3n) is 9.42. The fourth-order valence-electron chi connectivity index (χ4n) is 6.61. The molecule has 58 heavy (non-hydrogen) atoms. The lowest BCUT2D eigenvalue weighted by atomic mass is 9.95. The van der Waals surface area contributed by atoms with Gasteiger partial charge in [-0.2, -0.15) is 0 Å². The number of rotatable bonds is 20. The minimum absolute atomic E-state index is 0.0516. The molecule has 2 rings (SSSR count). The maximum Gasteiger partial charge on any atom is 0.485 e. The lowest BCUT2D eigenvalue weighted by Crippen LogP contribution is -2.57. The Hall–Kier alpha value is -5.13. The van der Waals surface area contributed by atoms with Gasteiger partial charge >= 0.3 is 18.0 Å². The SMILES string of the molecule is CC(C)C[C@@H](NC(=O)[C@H](CCCNC(N)=[N+]=O)NC(=O)OC(C)(C)C)C(=O)N[C@@H](CCCN=C(N)N)C(=O)NCC(=O)OC(=NC1CCCCC1)NC1CCCCC1. The Kier molecular flexibility index (Phi) is 22.0. The summed E-state index contributed by atoms with van der Waals surface area (Å²) in [7, 11) is 0. The zero-order valence-corrected chi connectivity index (χ0v) is 35.0. The van der Waals surface area contributed by atoms with Gasteiger partial charge in [0, 0.05) is 22.3 Å². The van der Waals surface area contributed by atoms with Crippen molar-refractivity contribution in [1.29, 1.82) is 0 Å². The van der Waals surface area contributed by atoms with E-state index in [-0.39, 0.29) is 74.7 Å². The molecule has 2 aliphatic rings. The first kappa shape index (κ1) is 49.0. The van der Waals surface area contributed by atoms with E-state index in [0.717, 1.165) is 64.2 Å². The van der Waals surface area contributed by atoms with Crippen LogP contribution >= 0.6 is 0 Å². The number of hydrogen-bond acceptors (Lipinski definition) is 10. The fraction of sp³-hybridized carbons (Fsp3) is 0.789. The van der Waals surface area contributed by atoms with Gasteiger partial charge in [-0.1, -0.05) is 52.4 Å². The molecule has 0 spiro atoms. The van der Waals surface area contributed by atoms with E-state index in [1.165, 1.54) is 0 Å². The first-order valence-corrected chi connectivity index (χ1v) is 20.6. The quantitative estimate of drug-likeness (QED) is 0.0269. The topological polar surface area (TPSA) is 310 Å². The number of nitrogens with two attached hydrogens (primary N) is 3. The molecule has 0 aromatic carbocycles. The number of hydrogen-bond donors (Lipinski definition) is 9. The van der Waals surface area contributed by atoms with Crippen LogP contribution in [0.3, 0.4) is 0 Å². The van der Waals surface area contributed by atoms with Crippen molar-refractivity contribution in [2.75, 3.05) is 19.6 Å². The van der Waals surface area contributed by atoms with Crippen LogP contribution < -0.4 is 54.0 Å². The Bertz CT molecular complexity index is 1440. The number of amidine groups is 1. The molecule has 12 N–H and O–H groups in total. The number of carbonyl (C=O) groups is 5. The zero-order valence-electron chi connectivity index (χ0n) is 35.0. The van der Waals surface area contributed by atoms with Crippen LogP contribution in [0.2, 0.25) is 0 Å². The Morgan fingerprint density at radius 3 is 1.97 bits per heavy atom. The van der Waals surface area contributed by atoms with Crippen molar-refractivity contribution in [3.05, 3.63) is 4.91 Å². The molecule has 0 aromatic heterocycles. The molecular weight excluding hydrogens is 752 g/mol. The Morgan fingerprint density at radius 1 is 0.776 bits per heavy atom. The van der Waals surface area contributed by atoms with Crippen LogP contribution in [0.1, 0.15) is 131 Å². The Labute approximate surface area is 341 Å². The van der Waals surface area contributed by atoms with Crippen molar-refractivity contribution < 1.29 is 33.4 Å². The third-order valence-corrected chi connectivity index (χ3v) is 9.42. The molecule has 0 radical (unpaired) electrons. The second kappa shape index (κ2) is 26.0. The highest BCUT2D eigenvalue weighted by Gasteiger charge is 2.31. The number of aliphatic imine (C=N–C) groups is 2. The van der Waals surface area contributed by atoms with Crippen molar-refractivity contribution in [3.8, 4) is 0 Å². The fourth-order valence-corrected chi connectivity index (χ4v) is 6.61. The molecule has 0 bridgehead atoms. The summed E-state index contributed by atoms with van der Waals surface area (Å²) in [6.07, 6.45) is 10.4. The molecule has 2 fully saturated rings. The van der Waals surface area contributed by atoms with Gasteiger partial charge < -0.3 is 47.5 Å². The maximum absolute atomic E-state index is 13.9. The second-order valence-corrected chi connectivity index (χ2v) is 16.3. The monoisotopic (exact) mass is 822 g/mol. The standard InChI is InChI=1S/C38H68N12O8/c1-24(2)22-29(48-32(53)28(19-13-21-43-35(41)50-56)49-37(55)58-38(3,4)5)33(54)47-27(18-12-20-42-34(39)40)31(52)44-23-30(51)57-36(45-25-14-8-6-9-15-25)46-26-16-10-7-11-17-26/h24-29H,6-23H2,1-5H3,(H11,39,40,41,42,43,44,45,46,47,48,49,52,53,54,55)/p+1/t27-,28-,29+/m0/s1. The number of nitroso groups, excluding NO2 is 1. The number of carbonyl (C=O) groups excluding carboxylic acids is 5. The van der Waals surface area contributed by atoms with Crippen molar-refractivity contribution >= 4 is 47.7 Å². The molecule has 2 aliphatic carbocycles. The van der Waals surface area contributed by atoms with Gasteiger partial charge in [0.2, 0.25) is 17.7 Å². The van der Waals surface area contributed by atoms with Crippen LogP contribution in [-0.4, -0.2) is 103 Å². The van der Waals surface area contributed by atoms with Crippen LogP contribution in [0.15, 0.2) is 9.98 Å². The number of amides is 4. The predicted molar refractivity (Wildman–Crippen MR) is 222 cm³/mol. The number of alkyl carbamates (subject to hydrolysis) is 1.